The van der Waals surface area contributed by atoms with Gasteiger partial charge in [0.1, 0.15) is 5.75 Å². The zero-order valence-electron chi connectivity index (χ0n) is 13.0. The highest BCUT2D eigenvalue weighted by atomic mass is 16.5. The lowest BCUT2D eigenvalue weighted by Crippen LogP contribution is -2.56. The number of benzene rings is 1. The minimum Gasteiger partial charge on any atom is -0.484 e. The highest BCUT2D eigenvalue weighted by molar-refractivity contribution is 5.78. The maximum Gasteiger partial charge on any atom is 0.260 e. The molecule has 0 saturated carbocycles. The summed E-state index contributed by atoms with van der Waals surface area (Å²) in [5.41, 5.74) is 5.97. The first-order valence-corrected chi connectivity index (χ1v) is 7.48. The van der Waals surface area contributed by atoms with E-state index in [1.807, 2.05) is 4.90 Å². The maximum absolute atomic E-state index is 12.2. The van der Waals surface area contributed by atoms with Gasteiger partial charge in [0, 0.05) is 25.2 Å². The number of amides is 2. The van der Waals surface area contributed by atoms with Crippen LogP contribution in [-0.2, 0) is 16.0 Å². The predicted octanol–water partition coefficient (Wildman–Crippen LogP) is 0.302. The molecule has 1 aliphatic heterocycles. The van der Waals surface area contributed by atoms with E-state index in [0.29, 0.717) is 30.9 Å². The average Bonchev–Trinajstić information content (AvgIpc) is 2.44. The van der Waals surface area contributed by atoms with Gasteiger partial charge in [-0.15, -0.1) is 0 Å². The number of nitrogens with one attached hydrogen (secondary N) is 1. The SMILES string of the molecule is C[C@@H]1CN(C(=O)COc2ccc(CC(N)=O)cc2)C[C@H](C)N1. The Balaban J connectivity index is 1.84. The summed E-state index contributed by atoms with van der Waals surface area (Å²) in [6.45, 7) is 5.55. The highest BCUT2D eigenvalue weighted by Gasteiger charge is 2.24. The molecule has 0 spiro atoms. The zero-order chi connectivity index (χ0) is 16.1. The molecule has 1 aromatic carbocycles. The molecule has 1 aromatic rings. The Bertz CT molecular complexity index is 520. The van der Waals surface area contributed by atoms with E-state index in [0.717, 1.165) is 5.56 Å². The molecule has 3 N–H and O–H groups in total. The Morgan fingerprint density at radius 1 is 1.23 bits per heavy atom. The smallest absolute Gasteiger partial charge is 0.260 e. The van der Waals surface area contributed by atoms with E-state index in [-0.39, 0.29) is 24.8 Å². The first kappa shape index (κ1) is 16.3. The van der Waals surface area contributed by atoms with Crippen LogP contribution in [0.15, 0.2) is 24.3 Å². The predicted molar refractivity (Wildman–Crippen MR) is 83.5 cm³/mol. The molecule has 1 fully saturated rings. The summed E-state index contributed by atoms with van der Waals surface area (Å²) >= 11 is 0. The minimum absolute atomic E-state index is 0.0126. The summed E-state index contributed by atoms with van der Waals surface area (Å²) in [5, 5.41) is 3.39. The van der Waals surface area contributed by atoms with Crippen molar-refractivity contribution in [3.63, 3.8) is 0 Å². The second kappa shape index (κ2) is 7.26. The summed E-state index contributed by atoms with van der Waals surface area (Å²) in [4.78, 5) is 24.8. The van der Waals surface area contributed by atoms with Crippen molar-refractivity contribution >= 4 is 11.8 Å². The van der Waals surface area contributed by atoms with E-state index in [1.165, 1.54) is 0 Å². The highest BCUT2D eigenvalue weighted by Crippen LogP contribution is 2.13. The number of carbonyl (C=O) groups is 2. The van der Waals surface area contributed by atoms with Crippen LogP contribution in [0.2, 0.25) is 0 Å². The fraction of sp³-hybridized carbons (Fsp3) is 0.500. The summed E-state index contributed by atoms with van der Waals surface area (Å²) in [7, 11) is 0. The Morgan fingerprint density at radius 2 is 1.82 bits per heavy atom. The van der Waals surface area contributed by atoms with Crippen LogP contribution < -0.4 is 15.8 Å². The Labute approximate surface area is 130 Å². The molecule has 0 bridgehead atoms. The molecule has 120 valence electrons. The summed E-state index contributed by atoms with van der Waals surface area (Å²) in [6, 6.07) is 7.63. The van der Waals surface area contributed by atoms with Gasteiger partial charge < -0.3 is 20.7 Å². The summed E-state index contributed by atoms with van der Waals surface area (Å²) in [6.07, 6.45) is 0.204. The van der Waals surface area contributed by atoms with Crippen LogP contribution >= 0.6 is 0 Å². The standard InChI is InChI=1S/C16H23N3O3/c1-11-8-19(9-12(2)18-11)16(21)10-22-14-5-3-13(4-6-14)7-15(17)20/h3-6,11-12,18H,7-10H2,1-2H3,(H2,17,20)/t11-,12+. The van der Waals surface area contributed by atoms with E-state index in [9.17, 15) is 9.59 Å². The molecule has 1 saturated heterocycles. The maximum atomic E-state index is 12.2. The Morgan fingerprint density at radius 3 is 2.36 bits per heavy atom. The molecule has 2 rings (SSSR count). The van der Waals surface area contributed by atoms with Gasteiger partial charge >= 0.3 is 0 Å². The second-order valence-electron chi connectivity index (χ2n) is 5.84. The second-order valence-corrected chi connectivity index (χ2v) is 5.84. The van der Waals surface area contributed by atoms with Gasteiger partial charge in [0.2, 0.25) is 5.91 Å². The minimum atomic E-state index is -0.370. The van der Waals surface area contributed by atoms with Crippen molar-refractivity contribution < 1.29 is 14.3 Å². The molecule has 0 aliphatic carbocycles. The third kappa shape index (κ3) is 4.73. The number of hydrogen-bond acceptors (Lipinski definition) is 4. The van der Waals surface area contributed by atoms with Crippen LogP contribution in [0.3, 0.4) is 0 Å². The zero-order valence-corrected chi connectivity index (χ0v) is 13.0. The number of primary amides is 1. The molecule has 0 radical (unpaired) electrons. The fourth-order valence-electron chi connectivity index (χ4n) is 2.67. The first-order chi connectivity index (χ1) is 10.4. The van der Waals surface area contributed by atoms with Gasteiger partial charge in [0.15, 0.2) is 6.61 Å². The molecule has 2 atom stereocenters. The molecular weight excluding hydrogens is 282 g/mol. The number of carbonyl (C=O) groups excluding carboxylic acids is 2. The third-order valence-electron chi connectivity index (χ3n) is 3.57. The topological polar surface area (TPSA) is 84.7 Å². The van der Waals surface area contributed by atoms with Crippen LogP contribution in [0.4, 0.5) is 0 Å². The first-order valence-electron chi connectivity index (χ1n) is 7.48. The van der Waals surface area contributed by atoms with Crippen molar-refractivity contribution in [2.75, 3.05) is 19.7 Å². The van der Waals surface area contributed by atoms with Gasteiger partial charge in [-0.25, -0.2) is 0 Å². The van der Waals surface area contributed by atoms with Crippen LogP contribution in [0.1, 0.15) is 19.4 Å². The fourth-order valence-corrected chi connectivity index (χ4v) is 2.67. The van der Waals surface area contributed by atoms with Crippen LogP contribution in [0.25, 0.3) is 0 Å². The largest absolute Gasteiger partial charge is 0.484 e. The molecule has 0 unspecified atom stereocenters. The molecule has 2 amide bonds. The van der Waals surface area contributed by atoms with Gasteiger partial charge in [0.05, 0.1) is 6.42 Å². The van der Waals surface area contributed by atoms with Gasteiger partial charge in [0.25, 0.3) is 5.91 Å². The van der Waals surface area contributed by atoms with E-state index < -0.39 is 0 Å². The van der Waals surface area contributed by atoms with Gasteiger partial charge in [-0.3, -0.25) is 9.59 Å². The number of rotatable bonds is 5. The molecule has 1 heterocycles. The molecule has 0 aromatic heterocycles. The average molecular weight is 305 g/mol. The third-order valence-corrected chi connectivity index (χ3v) is 3.57. The van der Waals surface area contributed by atoms with Crippen molar-refractivity contribution in [1.29, 1.82) is 0 Å². The lowest BCUT2D eigenvalue weighted by atomic mass is 10.1. The van der Waals surface area contributed by atoms with E-state index in [4.69, 9.17) is 10.5 Å². The monoisotopic (exact) mass is 305 g/mol. The molecule has 6 nitrogen and oxygen atoms in total. The van der Waals surface area contributed by atoms with Crippen molar-refractivity contribution in [3.05, 3.63) is 29.8 Å². The van der Waals surface area contributed by atoms with Crippen molar-refractivity contribution in [2.24, 2.45) is 5.73 Å². The number of ether oxygens (including phenoxy) is 1. The number of piperazine rings is 1. The van der Waals surface area contributed by atoms with Gasteiger partial charge in [-0.2, -0.15) is 0 Å². The number of nitrogens with zero attached hydrogens (tertiary/aromatic N) is 1. The van der Waals surface area contributed by atoms with E-state index in [1.54, 1.807) is 24.3 Å². The molecule has 1 aliphatic rings. The van der Waals surface area contributed by atoms with E-state index >= 15 is 0 Å². The van der Waals surface area contributed by atoms with Crippen molar-refractivity contribution in [1.82, 2.24) is 10.2 Å². The molecular formula is C16H23N3O3. The van der Waals surface area contributed by atoms with Crippen LogP contribution in [-0.4, -0.2) is 48.5 Å². The number of hydrogen-bond donors (Lipinski definition) is 2. The van der Waals surface area contributed by atoms with Gasteiger partial charge in [-0.05, 0) is 31.5 Å². The lowest BCUT2D eigenvalue weighted by molar-refractivity contribution is -0.135. The quantitative estimate of drug-likeness (QED) is 0.819. The van der Waals surface area contributed by atoms with Crippen molar-refractivity contribution in [2.45, 2.75) is 32.4 Å². The Hall–Kier alpha value is -2.08. The molecule has 6 heteroatoms. The van der Waals surface area contributed by atoms with E-state index in [2.05, 4.69) is 19.2 Å². The van der Waals surface area contributed by atoms with Crippen LogP contribution in [0.5, 0.6) is 5.75 Å². The summed E-state index contributed by atoms with van der Waals surface area (Å²) < 4.78 is 5.52. The lowest BCUT2D eigenvalue weighted by Gasteiger charge is -2.36. The van der Waals surface area contributed by atoms with Gasteiger partial charge in [-0.1, -0.05) is 12.1 Å². The Kier molecular flexibility index (Phi) is 5.38. The summed E-state index contributed by atoms with van der Waals surface area (Å²) in [5.74, 6) is 0.227. The number of nitrogens with two attached hydrogens (primary N) is 1. The molecule has 22 heavy (non-hydrogen) atoms. The normalized spacial score (nSPS) is 21.5. The van der Waals surface area contributed by atoms with Crippen LogP contribution in [0, 0.1) is 0 Å². The van der Waals surface area contributed by atoms with Crippen molar-refractivity contribution in [3.8, 4) is 5.75 Å².